The Kier molecular flexibility index (Phi) is 5.50. The summed E-state index contributed by atoms with van der Waals surface area (Å²) in [6, 6.07) is 0. The quantitative estimate of drug-likeness (QED) is 0.279. The fourth-order valence-electron chi connectivity index (χ4n) is 1.60. The van der Waals surface area contributed by atoms with Crippen LogP contribution in [0.1, 0.15) is 16.1 Å². The number of carbonyl (C=O) groups is 1. The first-order valence-electron chi connectivity index (χ1n) is 6.34. The second-order valence-corrected chi connectivity index (χ2v) is 5.19. The summed E-state index contributed by atoms with van der Waals surface area (Å²) < 4.78 is 70.5. The third-order valence-corrected chi connectivity index (χ3v) is 3.56. The van der Waals surface area contributed by atoms with E-state index < -0.39 is 47.2 Å². The molecule has 128 valence electrons. The summed E-state index contributed by atoms with van der Waals surface area (Å²) in [5, 5.41) is 4.49. The van der Waals surface area contributed by atoms with Gasteiger partial charge in [0.25, 0.3) is 0 Å². The molecular formula is C14H9F5N2O2S. The molecule has 0 aliphatic rings. The molecule has 0 fully saturated rings. The van der Waals surface area contributed by atoms with Crippen LogP contribution in [-0.4, -0.2) is 17.5 Å². The van der Waals surface area contributed by atoms with E-state index in [-0.39, 0.29) is 5.69 Å². The van der Waals surface area contributed by atoms with E-state index in [1.54, 1.807) is 6.08 Å². The molecule has 1 N–H and O–H groups in total. The number of nitrogens with one attached hydrogen (secondary N) is 1. The fraction of sp³-hybridized carbons (Fsp3) is 0.143. The van der Waals surface area contributed by atoms with Crippen LogP contribution in [0.2, 0.25) is 0 Å². The van der Waals surface area contributed by atoms with Crippen LogP contribution in [0.25, 0.3) is 0 Å². The lowest BCUT2D eigenvalue weighted by Crippen LogP contribution is -2.12. The maximum absolute atomic E-state index is 13.5. The van der Waals surface area contributed by atoms with Crippen molar-refractivity contribution in [2.75, 3.05) is 11.9 Å². The summed E-state index contributed by atoms with van der Waals surface area (Å²) >= 11 is 1.06. The number of halogens is 5. The average molecular weight is 364 g/mol. The Hall–Kier alpha value is -2.49. The maximum Gasteiger partial charge on any atom is 0.358 e. The molecule has 2 aromatic rings. The summed E-state index contributed by atoms with van der Waals surface area (Å²) in [6.45, 7) is 2.75. The normalized spacial score (nSPS) is 10.5. The molecule has 0 atom stereocenters. The highest BCUT2D eigenvalue weighted by Gasteiger charge is 2.26. The van der Waals surface area contributed by atoms with Crippen LogP contribution >= 0.6 is 11.3 Å². The minimum atomic E-state index is -2.28. The van der Waals surface area contributed by atoms with Gasteiger partial charge in [-0.25, -0.2) is 31.7 Å². The second kappa shape index (κ2) is 7.39. The third kappa shape index (κ3) is 3.53. The van der Waals surface area contributed by atoms with Crippen LogP contribution in [0.15, 0.2) is 18.0 Å². The Bertz CT molecular complexity index is 765. The van der Waals surface area contributed by atoms with E-state index in [9.17, 15) is 26.7 Å². The van der Waals surface area contributed by atoms with Gasteiger partial charge in [-0.2, -0.15) is 0 Å². The van der Waals surface area contributed by atoms with E-state index in [0.717, 1.165) is 11.3 Å². The van der Waals surface area contributed by atoms with Gasteiger partial charge < -0.3 is 10.1 Å². The Balaban J connectivity index is 2.12. The monoisotopic (exact) mass is 364 g/mol. The Morgan fingerprint density at radius 2 is 1.75 bits per heavy atom. The minimum Gasteiger partial charge on any atom is -0.456 e. The highest BCUT2D eigenvalue weighted by molar-refractivity contribution is 7.13. The number of nitrogens with zero attached hydrogens (tertiary/aromatic N) is 1. The van der Waals surface area contributed by atoms with Gasteiger partial charge in [-0.05, 0) is 0 Å². The number of hydrogen-bond donors (Lipinski definition) is 1. The first-order valence-corrected chi connectivity index (χ1v) is 7.22. The number of carbonyl (C=O) groups excluding carboxylic acids is 1. The molecule has 24 heavy (non-hydrogen) atoms. The zero-order valence-electron chi connectivity index (χ0n) is 11.8. The number of aromatic nitrogens is 1. The zero-order valence-corrected chi connectivity index (χ0v) is 12.7. The molecule has 2 rings (SSSR count). The largest absolute Gasteiger partial charge is 0.456 e. The Morgan fingerprint density at radius 1 is 1.17 bits per heavy atom. The topological polar surface area (TPSA) is 51.2 Å². The van der Waals surface area contributed by atoms with Crippen LogP contribution in [-0.2, 0) is 11.3 Å². The molecule has 1 heterocycles. The van der Waals surface area contributed by atoms with E-state index in [1.165, 1.54) is 5.38 Å². The van der Waals surface area contributed by atoms with Gasteiger partial charge in [-0.15, -0.1) is 17.9 Å². The van der Waals surface area contributed by atoms with E-state index in [4.69, 9.17) is 0 Å². The van der Waals surface area contributed by atoms with Gasteiger partial charge in [0.05, 0.1) is 5.56 Å². The summed E-state index contributed by atoms with van der Waals surface area (Å²) in [5.74, 6) is -11.7. The predicted molar refractivity (Wildman–Crippen MR) is 76.2 cm³/mol. The Labute approximate surface area is 136 Å². The molecule has 0 spiro atoms. The van der Waals surface area contributed by atoms with Crippen molar-refractivity contribution in [2.45, 2.75) is 6.61 Å². The molecule has 0 amide bonds. The van der Waals surface area contributed by atoms with Gasteiger partial charge in [0, 0.05) is 11.9 Å². The SMILES string of the molecule is C=CCNc1nc(C(=O)OCc2c(F)c(F)c(F)c(F)c2F)cs1. The van der Waals surface area contributed by atoms with Gasteiger partial charge >= 0.3 is 5.97 Å². The van der Waals surface area contributed by atoms with E-state index in [0.29, 0.717) is 11.7 Å². The Morgan fingerprint density at radius 3 is 2.33 bits per heavy atom. The van der Waals surface area contributed by atoms with Gasteiger partial charge in [0.15, 0.2) is 34.1 Å². The average Bonchev–Trinajstić information content (AvgIpc) is 3.05. The number of anilines is 1. The van der Waals surface area contributed by atoms with Crippen molar-refractivity contribution in [3.05, 3.63) is 58.4 Å². The van der Waals surface area contributed by atoms with Gasteiger partial charge in [0.1, 0.15) is 6.61 Å². The van der Waals surface area contributed by atoms with Crippen LogP contribution < -0.4 is 5.32 Å². The van der Waals surface area contributed by atoms with Crippen LogP contribution in [0, 0.1) is 29.1 Å². The smallest absolute Gasteiger partial charge is 0.358 e. The zero-order chi connectivity index (χ0) is 17.9. The lowest BCUT2D eigenvalue weighted by molar-refractivity contribution is 0.0456. The van der Waals surface area contributed by atoms with Gasteiger partial charge in [0.2, 0.25) is 5.82 Å². The molecule has 0 aliphatic heterocycles. The summed E-state index contributed by atoms with van der Waals surface area (Å²) in [7, 11) is 0. The van der Waals surface area contributed by atoms with Crippen molar-refractivity contribution in [3.63, 3.8) is 0 Å². The number of thiazole rings is 1. The summed E-state index contributed by atoms with van der Waals surface area (Å²) in [4.78, 5) is 15.6. The van der Waals surface area contributed by atoms with Crippen LogP contribution in [0.4, 0.5) is 27.1 Å². The molecular weight excluding hydrogens is 355 g/mol. The van der Waals surface area contributed by atoms with Crippen molar-refractivity contribution in [1.82, 2.24) is 4.98 Å². The number of benzene rings is 1. The molecule has 0 aliphatic carbocycles. The molecule has 0 saturated heterocycles. The summed E-state index contributed by atoms with van der Waals surface area (Å²) in [5.41, 5.74) is -1.41. The molecule has 1 aromatic carbocycles. The lowest BCUT2D eigenvalue weighted by atomic mass is 10.2. The standard InChI is InChI=1S/C14H9F5N2O2S/c1-2-3-20-14-21-7(5-24-14)13(22)23-4-6-8(15)10(17)12(19)11(18)9(6)16/h2,5H,1,3-4H2,(H,20,21). The maximum atomic E-state index is 13.5. The van der Waals surface area contributed by atoms with E-state index in [2.05, 4.69) is 21.6 Å². The van der Waals surface area contributed by atoms with Gasteiger partial charge in [-0.3, -0.25) is 0 Å². The first kappa shape index (κ1) is 17.9. The first-order chi connectivity index (χ1) is 11.4. The lowest BCUT2D eigenvalue weighted by Gasteiger charge is -2.08. The molecule has 10 heteroatoms. The summed E-state index contributed by atoms with van der Waals surface area (Å²) in [6.07, 6.45) is 1.56. The van der Waals surface area contributed by atoms with Crippen molar-refractivity contribution >= 4 is 22.4 Å². The van der Waals surface area contributed by atoms with Crippen molar-refractivity contribution < 1.29 is 31.5 Å². The second-order valence-electron chi connectivity index (χ2n) is 4.33. The highest BCUT2D eigenvalue weighted by Crippen LogP contribution is 2.24. The van der Waals surface area contributed by atoms with E-state index in [1.807, 2.05) is 0 Å². The molecule has 0 unspecified atom stereocenters. The minimum absolute atomic E-state index is 0.171. The van der Waals surface area contributed by atoms with Crippen molar-refractivity contribution in [3.8, 4) is 0 Å². The molecule has 1 aromatic heterocycles. The van der Waals surface area contributed by atoms with Crippen molar-refractivity contribution in [1.29, 1.82) is 0 Å². The molecule has 0 bridgehead atoms. The fourth-order valence-corrected chi connectivity index (χ4v) is 2.29. The number of ether oxygens (including phenoxy) is 1. The number of rotatable bonds is 6. The van der Waals surface area contributed by atoms with E-state index >= 15 is 0 Å². The third-order valence-electron chi connectivity index (χ3n) is 2.76. The molecule has 4 nitrogen and oxygen atoms in total. The van der Waals surface area contributed by atoms with Crippen LogP contribution in [0.3, 0.4) is 0 Å². The van der Waals surface area contributed by atoms with Crippen LogP contribution in [0.5, 0.6) is 0 Å². The van der Waals surface area contributed by atoms with Crippen molar-refractivity contribution in [2.24, 2.45) is 0 Å². The predicted octanol–water partition coefficient (Wildman–Crippen LogP) is 3.79. The molecule has 0 radical (unpaired) electrons. The highest BCUT2D eigenvalue weighted by atomic mass is 32.1. The number of hydrogen-bond acceptors (Lipinski definition) is 5. The molecule has 0 saturated carbocycles. The number of esters is 1. The van der Waals surface area contributed by atoms with Gasteiger partial charge in [-0.1, -0.05) is 6.08 Å².